The van der Waals surface area contributed by atoms with E-state index in [0.717, 1.165) is 25.9 Å². The Kier molecular flexibility index (Phi) is 6.02. The fourth-order valence-electron chi connectivity index (χ4n) is 3.67. The Morgan fingerprint density at radius 3 is 2.67 bits per heavy atom. The van der Waals surface area contributed by atoms with E-state index in [-0.39, 0.29) is 18.5 Å². The van der Waals surface area contributed by atoms with Crippen LogP contribution in [0.4, 0.5) is 0 Å². The molecule has 0 radical (unpaired) electrons. The van der Waals surface area contributed by atoms with E-state index in [4.69, 9.17) is 4.74 Å². The zero-order valence-corrected chi connectivity index (χ0v) is 13.1. The minimum absolute atomic E-state index is 0.0447. The van der Waals surface area contributed by atoms with E-state index >= 15 is 0 Å². The van der Waals surface area contributed by atoms with E-state index < -0.39 is 5.60 Å². The van der Waals surface area contributed by atoms with Gasteiger partial charge in [0.25, 0.3) is 0 Å². The number of hydrogen-bond acceptors (Lipinski definition) is 5. The number of aliphatic hydroxyl groups excluding tert-OH is 1. The third-order valence-electron chi connectivity index (χ3n) is 4.92. The summed E-state index contributed by atoms with van der Waals surface area (Å²) in [6.07, 6.45) is 4.93. The molecule has 1 unspecified atom stereocenters. The Bertz CT molecular complexity index is 339. The molecule has 1 saturated carbocycles. The van der Waals surface area contributed by atoms with Gasteiger partial charge in [0.15, 0.2) is 0 Å². The average molecular weight is 299 g/mol. The topological polar surface area (TPSA) is 70.0 Å². The molecule has 2 fully saturated rings. The number of esters is 1. The summed E-state index contributed by atoms with van der Waals surface area (Å²) in [6, 6.07) is 0. The number of rotatable bonds is 5. The first-order valence-electron chi connectivity index (χ1n) is 8.28. The van der Waals surface area contributed by atoms with E-state index in [1.54, 1.807) is 0 Å². The minimum atomic E-state index is -0.680. The highest BCUT2D eigenvalue weighted by Crippen LogP contribution is 2.34. The molecule has 0 amide bonds. The fourth-order valence-corrected chi connectivity index (χ4v) is 3.67. The predicted molar refractivity (Wildman–Crippen MR) is 79.8 cm³/mol. The van der Waals surface area contributed by atoms with Crippen molar-refractivity contribution in [2.75, 3.05) is 32.8 Å². The summed E-state index contributed by atoms with van der Waals surface area (Å²) in [5, 5.41) is 20.0. The maximum Gasteiger partial charge on any atom is 0.308 e. The van der Waals surface area contributed by atoms with Crippen molar-refractivity contribution in [3.05, 3.63) is 0 Å². The van der Waals surface area contributed by atoms with Crippen molar-refractivity contribution in [3.63, 3.8) is 0 Å². The zero-order chi connectivity index (χ0) is 15.3. The number of aliphatic hydroxyl groups is 2. The van der Waals surface area contributed by atoms with Gasteiger partial charge in [0.2, 0.25) is 0 Å². The number of carbonyl (C=O) groups excluding carboxylic acids is 1. The molecule has 0 bridgehead atoms. The lowest BCUT2D eigenvalue weighted by Gasteiger charge is -2.41. The van der Waals surface area contributed by atoms with Gasteiger partial charge in [0.05, 0.1) is 18.1 Å². The van der Waals surface area contributed by atoms with Gasteiger partial charge in [-0.05, 0) is 57.9 Å². The van der Waals surface area contributed by atoms with Crippen LogP contribution in [0.2, 0.25) is 0 Å². The van der Waals surface area contributed by atoms with Gasteiger partial charge < -0.3 is 19.8 Å². The van der Waals surface area contributed by atoms with Crippen molar-refractivity contribution in [2.45, 2.75) is 51.0 Å². The summed E-state index contributed by atoms with van der Waals surface area (Å²) >= 11 is 0. The van der Waals surface area contributed by atoms with Crippen molar-refractivity contribution in [1.29, 1.82) is 0 Å². The van der Waals surface area contributed by atoms with Crippen LogP contribution in [-0.2, 0) is 9.53 Å². The third-order valence-corrected chi connectivity index (χ3v) is 4.92. The smallest absolute Gasteiger partial charge is 0.308 e. The second kappa shape index (κ2) is 7.56. The highest BCUT2D eigenvalue weighted by Gasteiger charge is 2.38. The van der Waals surface area contributed by atoms with Crippen molar-refractivity contribution in [1.82, 2.24) is 4.90 Å². The minimum Gasteiger partial charge on any atom is -0.466 e. The molecule has 1 aliphatic heterocycles. The molecule has 122 valence electrons. The van der Waals surface area contributed by atoms with Crippen LogP contribution < -0.4 is 0 Å². The lowest BCUT2D eigenvalue weighted by atomic mass is 9.78. The molecule has 2 aliphatic rings. The summed E-state index contributed by atoms with van der Waals surface area (Å²) < 4.78 is 5.07. The number of hydrogen-bond donors (Lipinski definition) is 2. The molecule has 2 rings (SSSR count). The van der Waals surface area contributed by atoms with Crippen molar-refractivity contribution in [2.24, 2.45) is 11.8 Å². The Hall–Kier alpha value is -0.650. The number of ether oxygens (including phenoxy) is 1. The zero-order valence-electron chi connectivity index (χ0n) is 13.1. The van der Waals surface area contributed by atoms with E-state index in [1.807, 2.05) is 6.92 Å². The summed E-state index contributed by atoms with van der Waals surface area (Å²) in [5.74, 6) is 0.188. The monoisotopic (exact) mass is 299 g/mol. The maximum absolute atomic E-state index is 11.7. The molecule has 0 spiro atoms. The van der Waals surface area contributed by atoms with E-state index in [9.17, 15) is 15.0 Å². The van der Waals surface area contributed by atoms with Gasteiger partial charge in [-0.3, -0.25) is 4.79 Å². The van der Waals surface area contributed by atoms with E-state index in [0.29, 0.717) is 44.8 Å². The van der Waals surface area contributed by atoms with Crippen LogP contribution in [0.3, 0.4) is 0 Å². The van der Waals surface area contributed by atoms with Crippen LogP contribution in [0, 0.1) is 11.8 Å². The largest absolute Gasteiger partial charge is 0.466 e. The number of nitrogens with zero attached hydrogens (tertiary/aromatic N) is 1. The molecule has 1 aliphatic carbocycles. The SMILES string of the molecule is CCOC(=O)C1CCC(O)(CN2CCCC(CO)C2)CC1. The van der Waals surface area contributed by atoms with Crippen LogP contribution in [0.25, 0.3) is 0 Å². The molecule has 0 aromatic carbocycles. The van der Waals surface area contributed by atoms with Gasteiger partial charge >= 0.3 is 5.97 Å². The molecule has 0 aromatic rings. The Morgan fingerprint density at radius 2 is 2.05 bits per heavy atom. The lowest BCUT2D eigenvalue weighted by Crippen LogP contribution is -2.49. The van der Waals surface area contributed by atoms with Gasteiger partial charge in [-0.1, -0.05) is 0 Å². The summed E-state index contributed by atoms with van der Waals surface area (Å²) in [7, 11) is 0. The Labute approximate surface area is 127 Å². The van der Waals surface area contributed by atoms with Crippen LogP contribution in [0.15, 0.2) is 0 Å². The van der Waals surface area contributed by atoms with Crippen molar-refractivity contribution < 1.29 is 19.7 Å². The second-order valence-corrected chi connectivity index (χ2v) is 6.68. The van der Waals surface area contributed by atoms with Crippen LogP contribution >= 0.6 is 0 Å². The number of carbonyl (C=O) groups is 1. The van der Waals surface area contributed by atoms with Gasteiger partial charge in [-0.15, -0.1) is 0 Å². The quantitative estimate of drug-likeness (QED) is 0.746. The molecule has 2 N–H and O–H groups in total. The highest BCUT2D eigenvalue weighted by atomic mass is 16.5. The molecule has 1 heterocycles. The first kappa shape index (κ1) is 16.7. The molecule has 5 heteroatoms. The van der Waals surface area contributed by atoms with E-state index in [1.165, 1.54) is 0 Å². The van der Waals surface area contributed by atoms with Gasteiger partial charge in [-0.25, -0.2) is 0 Å². The summed E-state index contributed by atoms with van der Waals surface area (Å²) in [4.78, 5) is 14.0. The van der Waals surface area contributed by atoms with Gasteiger partial charge in [-0.2, -0.15) is 0 Å². The molecule has 21 heavy (non-hydrogen) atoms. The van der Waals surface area contributed by atoms with Gasteiger partial charge in [0.1, 0.15) is 0 Å². The summed E-state index contributed by atoms with van der Waals surface area (Å²) in [5.41, 5.74) is -0.680. The Morgan fingerprint density at radius 1 is 1.33 bits per heavy atom. The first-order valence-corrected chi connectivity index (χ1v) is 8.28. The average Bonchev–Trinajstić information content (AvgIpc) is 2.48. The maximum atomic E-state index is 11.7. The van der Waals surface area contributed by atoms with E-state index in [2.05, 4.69) is 4.90 Å². The number of β-amino-alcohol motifs (C(OH)–C–C–N with tert-alkyl or cyclic N) is 1. The fraction of sp³-hybridized carbons (Fsp3) is 0.938. The van der Waals surface area contributed by atoms with Gasteiger partial charge in [0, 0.05) is 19.7 Å². The number of likely N-dealkylation sites (tertiary alicyclic amines) is 1. The van der Waals surface area contributed by atoms with Crippen LogP contribution in [0.5, 0.6) is 0 Å². The van der Waals surface area contributed by atoms with Crippen molar-refractivity contribution in [3.8, 4) is 0 Å². The Balaban J connectivity index is 1.80. The van der Waals surface area contributed by atoms with Crippen LogP contribution in [0.1, 0.15) is 45.4 Å². The molecule has 5 nitrogen and oxygen atoms in total. The van der Waals surface area contributed by atoms with Crippen LogP contribution in [-0.4, -0.2) is 59.5 Å². The number of piperidine rings is 1. The standard InChI is InChI=1S/C16H29NO4/c1-2-21-15(19)14-5-7-16(20,8-6-14)12-17-9-3-4-13(10-17)11-18/h13-14,18,20H,2-12H2,1H3. The molecule has 0 aromatic heterocycles. The molecule has 1 saturated heterocycles. The lowest BCUT2D eigenvalue weighted by molar-refractivity contribution is -0.151. The predicted octanol–water partition coefficient (Wildman–Crippen LogP) is 1.18. The summed E-state index contributed by atoms with van der Waals surface area (Å²) in [6.45, 7) is 5.03. The second-order valence-electron chi connectivity index (χ2n) is 6.68. The normalized spacial score (nSPS) is 34.6. The third kappa shape index (κ3) is 4.66. The molecular weight excluding hydrogens is 270 g/mol. The molecule has 1 atom stereocenters. The van der Waals surface area contributed by atoms with Crippen molar-refractivity contribution >= 4 is 5.97 Å². The first-order chi connectivity index (χ1) is 10.1. The highest BCUT2D eigenvalue weighted by molar-refractivity contribution is 5.72. The molecular formula is C16H29NO4.